The number of thiophene rings is 1. The second kappa shape index (κ2) is 11.0. The molecule has 0 radical (unpaired) electrons. The summed E-state index contributed by atoms with van der Waals surface area (Å²) in [6.07, 6.45) is 0.546. The Morgan fingerprint density at radius 2 is 2.03 bits per heavy atom. The van der Waals surface area contributed by atoms with Gasteiger partial charge in [-0.05, 0) is 54.5 Å². The van der Waals surface area contributed by atoms with Gasteiger partial charge in [0.15, 0.2) is 0 Å². The van der Waals surface area contributed by atoms with Crippen molar-refractivity contribution >= 4 is 61.2 Å². The van der Waals surface area contributed by atoms with Crippen LogP contribution >= 0.6 is 38.9 Å². The number of aromatic nitrogens is 1. The Labute approximate surface area is 197 Å². The first-order chi connectivity index (χ1) is 14.6. The molecule has 2 heterocycles. The van der Waals surface area contributed by atoms with Crippen molar-refractivity contribution in [3.8, 4) is 5.75 Å². The summed E-state index contributed by atoms with van der Waals surface area (Å²) < 4.78 is 6.65. The van der Waals surface area contributed by atoms with E-state index in [9.17, 15) is 19.8 Å². The van der Waals surface area contributed by atoms with Crippen molar-refractivity contribution in [3.63, 3.8) is 0 Å². The van der Waals surface area contributed by atoms with E-state index >= 15 is 0 Å². The smallest absolute Gasteiger partial charge is 0.403 e. The Bertz CT molecular complexity index is 1080. The predicted molar refractivity (Wildman–Crippen MR) is 127 cm³/mol. The number of aryl methyl sites for hydroxylation is 1. The highest BCUT2D eigenvalue weighted by atomic mass is 79.9. The number of phenolic OH excluding ortho intramolecular Hbond substituents is 1. The Hall–Kier alpha value is -2.07. The number of carboxylic acids is 1. The van der Waals surface area contributed by atoms with Crippen molar-refractivity contribution in [2.45, 2.75) is 19.9 Å². The summed E-state index contributed by atoms with van der Waals surface area (Å²) in [5.41, 5.74) is 1.69. The summed E-state index contributed by atoms with van der Waals surface area (Å²) in [4.78, 5) is 24.7. The maximum Gasteiger partial charge on any atom is 0.403 e. The van der Waals surface area contributed by atoms with E-state index in [-0.39, 0.29) is 11.3 Å². The van der Waals surface area contributed by atoms with E-state index in [0.29, 0.717) is 35.0 Å². The minimum absolute atomic E-state index is 0.0944. The van der Waals surface area contributed by atoms with Gasteiger partial charge in [-0.2, -0.15) is 0 Å². The van der Waals surface area contributed by atoms with Gasteiger partial charge in [-0.15, -0.1) is 11.3 Å². The zero-order chi connectivity index (χ0) is 23.3. The molecule has 2 N–H and O–H groups in total. The summed E-state index contributed by atoms with van der Waals surface area (Å²) in [5.74, 6) is -0.879. The highest BCUT2D eigenvalue weighted by molar-refractivity contribution is 9.10. The average Bonchev–Trinajstić information content (AvgIpc) is 3.27. The van der Waals surface area contributed by atoms with Crippen LogP contribution < -0.4 is 0 Å². The van der Waals surface area contributed by atoms with Crippen LogP contribution in [0.4, 0.5) is 4.79 Å². The number of phenols is 1. The van der Waals surface area contributed by atoms with Crippen LogP contribution in [-0.4, -0.2) is 51.8 Å². The molecule has 0 aliphatic carbocycles. The summed E-state index contributed by atoms with van der Waals surface area (Å²) >= 11 is 9.72. The Morgan fingerprint density at radius 3 is 2.48 bits per heavy atom. The molecule has 31 heavy (non-hydrogen) atoms. The van der Waals surface area contributed by atoms with Crippen molar-refractivity contribution in [2.24, 2.45) is 7.05 Å². The third kappa shape index (κ3) is 6.00. The SMILES string of the molecule is CCOC(=O)Cl.CN(C)Cc1c(O)c(Br)cc2c1c(C(=O)O)c(Cc1cccs1)n2C. The zero-order valence-corrected chi connectivity index (χ0v) is 20.8. The van der Waals surface area contributed by atoms with Gasteiger partial charge in [0.1, 0.15) is 5.75 Å². The highest BCUT2D eigenvalue weighted by Gasteiger charge is 2.26. The molecule has 0 saturated heterocycles. The molecular formula is C21H24BrClN2O5S. The van der Waals surface area contributed by atoms with Gasteiger partial charge in [-0.25, -0.2) is 9.59 Å². The van der Waals surface area contributed by atoms with Gasteiger partial charge in [-0.1, -0.05) is 6.07 Å². The number of hydrogen-bond acceptors (Lipinski definition) is 6. The van der Waals surface area contributed by atoms with Crippen LogP contribution in [0.2, 0.25) is 0 Å². The highest BCUT2D eigenvalue weighted by Crippen LogP contribution is 2.40. The molecule has 7 nitrogen and oxygen atoms in total. The number of aromatic carboxylic acids is 1. The molecular weight excluding hydrogens is 508 g/mol. The predicted octanol–water partition coefficient (Wildman–Crippen LogP) is 5.44. The van der Waals surface area contributed by atoms with Crippen LogP contribution in [0.1, 0.15) is 33.4 Å². The fourth-order valence-electron chi connectivity index (χ4n) is 3.28. The summed E-state index contributed by atoms with van der Waals surface area (Å²) in [6.45, 7) is 2.49. The number of halogens is 2. The van der Waals surface area contributed by atoms with Gasteiger partial charge in [0, 0.05) is 53.1 Å². The number of aromatic hydroxyl groups is 1. The molecule has 1 aromatic carbocycles. The van der Waals surface area contributed by atoms with E-state index in [2.05, 4.69) is 20.7 Å². The quantitative estimate of drug-likeness (QED) is 0.412. The first-order valence-electron chi connectivity index (χ1n) is 9.32. The molecule has 0 aliphatic heterocycles. The van der Waals surface area contributed by atoms with Crippen molar-refractivity contribution in [2.75, 3.05) is 20.7 Å². The number of carbonyl (C=O) groups is 2. The zero-order valence-electron chi connectivity index (χ0n) is 17.6. The van der Waals surface area contributed by atoms with Crippen LogP contribution in [0.3, 0.4) is 0 Å². The Kier molecular flexibility index (Phi) is 8.93. The average molecular weight is 532 g/mol. The molecule has 3 aromatic rings. The fraction of sp³-hybridized carbons (Fsp3) is 0.333. The normalized spacial score (nSPS) is 10.8. The topological polar surface area (TPSA) is 92.0 Å². The number of ether oxygens (including phenoxy) is 1. The van der Waals surface area contributed by atoms with Crippen LogP contribution in [0.5, 0.6) is 5.75 Å². The minimum Gasteiger partial charge on any atom is -0.506 e. The molecule has 0 amide bonds. The van der Waals surface area contributed by atoms with Crippen LogP contribution in [0.15, 0.2) is 28.1 Å². The molecule has 2 aromatic heterocycles. The lowest BCUT2D eigenvalue weighted by Crippen LogP contribution is -2.12. The van der Waals surface area contributed by atoms with Crippen LogP contribution in [0.25, 0.3) is 10.9 Å². The van der Waals surface area contributed by atoms with Crippen LogP contribution in [-0.2, 0) is 24.8 Å². The van der Waals surface area contributed by atoms with E-state index < -0.39 is 11.4 Å². The largest absolute Gasteiger partial charge is 0.506 e. The molecule has 0 bridgehead atoms. The van der Waals surface area contributed by atoms with Gasteiger partial charge in [-0.3, -0.25) is 0 Å². The van der Waals surface area contributed by atoms with E-state index in [1.165, 1.54) is 0 Å². The number of hydrogen-bond donors (Lipinski definition) is 2. The maximum atomic E-state index is 12.1. The minimum atomic E-state index is -0.973. The van der Waals surface area contributed by atoms with Gasteiger partial charge < -0.3 is 24.4 Å². The lowest BCUT2D eigenvalue weighted by molar-refractivity contribution is 0.0697. The molecule has 10 heteroatoms. The number of carbonyl (C=O) groups excluding carboxylic acids is 1. The third-order valence-corrected chi connectivity index (χ3v) is 6.10. The third-order valence-electron chi connectivity index (χ3n) is 4.51. The van der Waals surface area contributed by atoms with Crippen molar-refractivity contribution in [1.29, 1.82) is 0 Å². The van der Waals surface area contributed by atoms with Crippen LogP contribution in [0, 0.1) is 0 Å². The second-order valence-corrected chi connectivity index (χ2v) is 9.13. The fourth-order valence-corrected chi connectivity index (χ4v) is 4.55. The van der Waals surface area contributed by atoms with Gasteiger partial charge in [0.05, 0.1) is 22.2 Å². The standard InChI is InChI=1S/C18H19BrN2O3S.C3H5ClO2/c1-20(2)9-11-15-14(8-12(19)17(11)22)21(3)13(16(15)18(23)24)7-10-5-4-6-25-10;1-2-6-3(4)5/h4-6,8,22H,7,9H2,1-3H3,(H,23,24);2H2,1H3. The number of carboxylic acid groups (broad SMARTS) is 1. The van der Waals surface area contributed by atoms with E-state index in [4.69, 9.17) is 11.6 Å². The number of rotatable bonds is 6. The molecule has 168 valence electrons. The first kappa shape index (κ1) is 25.2. The van der Waals surface area contributed by atoms with Crippen molar-refractivity contribution in [1.82, 2.24) is 9.47 Å². The Morgan fingerprint density at radius 1 is 1.35 bits per heavy atom. The van der Waals surface area contributed by atoms with Crippen molar-refractivity contribution in [3.05, 3.63) is 49.7 Å². The summed E-state index contributed by atoms with van der Waals surface area (Å²) in [6, 6.07) is 5.75. The molecule has 0 atom stereocenters. The summed E-state index contributed by atoms with van der Waals surface area (Å²) in [7, 11) is 5.66. The van der Waals surface area contributed by atoms with Crippen molar-refractivity contribution < 1.29 is 24.5 Å². The van der Waals surface area contributed by atoms with E-state index in [1.807, 2.05) is 48.1 Å². The Balaban J connectivity index is 0.000000501. The molecule has 0 unspecified atom stereocenters. The van der Waals surface area contributed by atoms with E-state index in [0.717, 1.165) is 16.1 Å². The molecule has 0 aliphatic rings. The van der Waals surface area contributed by atoms with Gasteiger partial charge in [0.2, 0.25) is 0 Å². The number of fused-ring (bicyclic) bond motifs is 1. The lowest BCUT2D eigenvalue weighted by atomic mass is 10.0. The first-order valence-corrected chi connectivity index (χ1v) is 11.4. The molecule has 0 saturated carbocycles. The second-order valence-electron chi connectivity index (χ2n) is 6.93. The number of benzene rings is 1. The van der Waals surface area contributed by atoms with E-state index in [1.54, 1.807) is 24.3 Å². The molecule has 0 fully saturated rings. The molecule has 3 rings (SSSR count). The molecule has 0 spiro atoms. The summed E-state index contributed by atoms with van der Waals surface area (Å²) in [5, 5.41) is 23.0. The maximum absolute atomic E-state index is 12.1. The monoisotopic (exact) mass is 530 g/mol. The van der Waals surface area contributed by atoms with Gasteiger partial charge in [0.25, 0.3) is 0 Å². The number of nitrogens with zero attached hydrogens (tertiary/aromatic N) is 2. The lowest BCUT2D eigenvalue weighted by Gasteiger charge is -2.14. The van der Waals surface area contributed by atoms with Gasteiger partial charge >= 0.3 is 11.4 Å².